The lowest BCUT2D eigenvalue weighted by Gasteiger charge is -2.05. The molecule has 0 saturated carbocycles. The molecule has 0 aliphatic heterocycles. The third-order valence-corrected chi connectivity index (χ3v) is 4.73. The van der Waals surface area contributed by atoms with Crippen molar-refractivity contribution in [2.45, 2.75) is 4.90 Å². The van der Waals surface area contributed by atoms with E-state index in [0.717, 1.165) is 6.21 Å². The van der Waals surface area contributed by atoms with Crippen molar-refractivity contribution in [2.24, 2.45) is 5.10 Å². The summed E-state index contributed by atoms with van der Waals surface area (Å²) in [5.74, 6) is -1.14. The SMILES string of the molecule is O=C(O)c1ccccc1/C=N/NS(=O)(=O)c1ccc(Cl)c(Cl)c1. The summed E-state index contributed by atoms with van der Waals surface area (Å²) in [6.07, 6.45) is 1.11. The maximum absolute atomic E-state index is 12.1. The lowest BCUT2D eigenvalue weighted by atomic mass is 10.1. The number of hydrazone groups is 1. The van der Waals surface area contributed by atoms with Crippen LogP contribution < -0.4 is 4.83 Å². The molecule has 0 radical (unpaired) electrons. The molecule has 0 saturated heterocycles. The Morgan fingerprint density at radius 1 is 1.13 bits per heavy atom. The van der Waals surface area contributed by atoms with Gasteiger partial charge in [0.2, 0.25) is 0 Å². The molecule has 2 rings (SSSR count). The zero-order chi connectivity index (χ0) is 17.0. The molecule has 2 aromatic rings. The van der Waals surface area contributed by atoms with Crippen LogP contribution in [0.15, 0.2) is 52.5 Å². The van der Waals surface area contributed by atoms with Gasteiger partial charge in [-0.05, 0) is 24.3 Å². The number of rotatable bonds is 5. The first-order valence-electron chi connectivity index (χ1n) is 6.13. The zero-order valence-electron chi connectivity index (χ0n) is 11.4. The van der Waals surface area contributed by atoms with E-state index in [1.54, 1.807) is 12.1 Å². The van der Waals surface area contributed by atoms with E-state index in [1.165, 1.54) is 30.3 Å². The van der Waals surface area contributed by atoms with Crippen molar-refractivity contribution < 1.29 is 18.3 Å². The second-order valence-corrected chi connectivity index (χ2v) is 6.80. The molecule has 0 amide bonds. The van der Waals surface area contributed by atoms with Crippen molar-refractivity contribution in [3.05, 3.63) is 63.6 Å². The number of carboxylic acids is 1. The summed E-state index contributed by atoms with van der Waals surface area (Å²) in [5, 5.41) is 12.9. The Morgan fingerprint density at radius 3 is 2.48 bits per heavy atom. The predicted octanol–water partition coefficient (Wildman–Crippen LogP) is 3.00. The first-order valence-corrected chi connectivity index (χ1v) is 8.37. The van der Waals surface area contributed by atoms with Crippen molar-refractivity contribution in [3.63, 3.8) is 0 Å². The van der Waals surface area contributed by atoms with Crippen LogP contribution in [0.2, 0.25) is 10.0 Å². The van der Waals surface area contributed by atoms with Gasteiger partial charge in [0.25, 0.3) is 10.0 Å². The number of aromatic carboxylic acids is 1. The van der Waals surface area contributed by atoms with E-state index in [-0.39, 0.29) is 26.1 Å². The van der Waals surface area contributed by atoms with Gasteiger partial charge in [0.15, 0.2) is 0 Å². The van der Waals surface area contributed by atoms with Crippen molar-refractivity contribution >= 4 is 45.4 Å². The highest BCUT2D eigenvalue weighted by Gasteiger charge is 2.14. The highest BCUT2D eigenvalue weighted by Crippen LogP contribution is 2.24. The van der Waals surface area contributed by atoms with Crippen LogP contribution in [0.1, 0.15) is 15.9 Å². The average Bonchev–Trinajstić information content (AvgIpc) is 2.50. The molecule has 0 heterocycles. The number of sulfonamides is 1. The molecule has 9 heteroatoms. The lowest BCUT2D eigenvalue weighted by Crippen LogP contribution is -2.18. The van der Waals surface area contributed by atoms with Crippen LogP contribution in [0.5, 0.6) is 0 Å². The van der Waals surface area contributed by atoms with E-state index in [0.29, 0.717) is 0 Å². The lowest BCUT2D eigenvalue weighted by molar-refractivity contribution is 0.0696. The van der Waals surface area contributed by atoms with E-state index in [9.17, 15) is 13.2 Å². The number of halogens is 2. The summed E-state index contributed by atoms with van der Waals surface area (Å²) >= 11 is 11.5. The molecule has 0 aromatic heterocycles. The van der Waals surface area contributed by atoms with E-state index in [4.69, 9.17) is 28.3 Å². The van der Waals surface area contributed by atoms with E-state index >= 15 is 0 Å². The third-order valence-electron chi connectivity index (χ3n) is 2.77. The zero-order valence-corrected chi connectivity index (χ0v) is 13.7. The Bertz CT molecular complexity index is 882. The summed E-state index contributed by atoms with van der Waals surface area (Å²) < 4.78 is 24.1. The fourth-order valence-corrected chi connectivity index (χ4v) is 2.85. The van der Waals surface area contributed by atoms with Gasteiger partial charge < -0.3 is 5.11 Å². The van der Waals surface area contributed by atoms with Crippen LogP contribution in [0.25, 0.3) is 0 Å². The molecule has 0 aliphatic carbocycles. The number of nitrogens with zero attached hydrogens (tertiary/aromatic N) is 1. The van der Waals surface area contributed by atoms with Crippen LogP contribution in [0.4, 0.5) is 0 Å². The topological polar surface area (TPSA) is 95.8 Å². The number of nitrogens with one attached hydrogen (secondary N) is 1. The molecule has 0 aliphatic rings. The molecule has 2 N–H and O–H groups in total. The van der Waals surface area contributed by atoms with Gasteiger partial charge in [-0.15, -0.1) is 0 Å². The molecule has 2 aromatic carbocycles. The smallest absolute Gasteiger partial charge is 0.336 e. The Labute approximate surface area is 142 Å². The van der Waals surface area contributed by atoms with Crippen LogP contribution in [0.3, 0.4) is 0 Å². The van der Waals surface area contributed by atoms with Gasteiger partial charge in [0, 0.05) is 5.56 Å². The van der Waals surface area contributed by atoms with Crippen LogP contribution in [-0.2, 0) is 10.0 Å². The number of carbonyl (C=O) groups is 1. The fraction of sp³-hybridized carbons (Fsp3) is 0. The quantitative estimate of drug-likeness (QED) is 0.622. The summed E-state index contributed by atoms with van der Waals surface area (Å²) in [5.41, 5.74) is 0.266. The van der Waals surface area contributed by atoms with Crippen molar-refractivity contribution in [1.82, 2.24) is 4.83 Å². The standard InChI is InChI=1S/C14H10Cl2N2O4S/c15-12-6-5-10(7-13(12)16)23(21,22)18-17-8-9-3-1-2-4-11(9)14(19)20/h1-8,18H,(H,19,20)/b17-8+. The molecule has 6 nitrogen and oxygen atoms in total. The van der Waals surface area contributed by atoms with Crippen molar-refractivity contribution in [2.75, 3.05) is 0 Å². The maximum atomic E-state index is 12.1. The van der Waals surface area contributed by atoms with E-state index in [2.05, 4.69) is 5.10 Å². The largest absolute Gasteiger partial charge is 0.478 e. The van der Waals surface area contributed by atoms with Gasteiger partial charge in [-0.2, -0.15) is 13.5 Å². The molecule has 0 unspecified atom stereocenters. The number of hydrogen-bond acceptors (Lipinski definition) is 4. The monoisotopic (exact) mass is 372 g/mol. The normalized spacial score (nSPS) is 11.6. The molecule has 120 valence electrons. The first-order chi connectivity index (χ1) is 10.8. The Kier molecular flexibility index (Phi) is 5.25. The molecular formula is C14H10Cl2N2O4S. The second kappa shape index (κ2) is 6.99. The van der Waals surface area contributed by atoms with E-state index in [1.807, 2.05) is 4.83 Å². The minimum absolute atomic E-state index is 0.00462. The van der Waals surface area contributed by atoms with E-state index < -0.39 is 16.0 Å². The third kappa shape index (κ3) is 4.22. The molecule has 0 fully saturated rings. The number of benzene rings is 2. The van der Waals surface area contributed by atoms with Crippen LogP contribution in [0, 0.1) is 0 Å². The highest BCUT2D eigenvalue weighted by molar-refractivity contribution is 7.89. The maximum Gasteiger partial charge on any atom is 0.336 e. The Balaban J connectivity index is 2.22. The van der Waals surface area contributed by atoms with Crippen molar-refractivity contribution in [3.8, 4) is 0 Å². The molecule has 0 atom stereocenters. The highest BCUT2D eigenvalue weighted by atomic mass is 35.5. The van der Waals surface area contributed by atoms with Gasteiger partial charge in [0.1, 0.15) is 0 Å². The predicted molar refractivity (Wildman–Crippen MR) is 87.8 cm³/mol. The summed E-state index contributed by atoms with van der Waals surface area (Å²) in [6.45, 7) is 0. The molecule has 23 heavy (non-hydrogen) atoms. The van der Waals surface area contributed by atoms with Gasteiger partial charge in [0.05, 0.1) is 26.7 Å². The molecule has 0 bridgehead atoms. The van der Waals surface area contributed by atoms with Gasteiger partial charge in [-0.3, -0.25) is 0 Å². The first kappa shape index (κ1) is 17.3. The fourth-order valence-electron chi connectivity index (χ4n) is 1.67. The van der Waals surface area contributed by atoms with Crippen LogP contribution >= 0.6 is 23.2 Å². The minimum atomic E-state index is -3.94. The average molecular weight is 373 g/mol. The van der Waals surface area contributed by atoms with Gasteiger partial charge >= 0.3 is 5.97 Å². The van der Waals surface area contributed by atoms with Crippen LogP contribution in [-0.4, -0.2) is 25.7 Å². The number of hydrogen-bond donors (Lipinski definition) is 2. The number of carboxylic acid groups (broad SMARTS) is 1. The van der Waals surface area contributed by atoms with Crippen molar-refractivity contribution in [1.29, 1.82) is 0 Å². The molecular weight excluding hydrogens is 363 g/mol. The van der Waals surface area contributed by atoms with Gasteiger partial charge in [-0.1, -0.05) is 41.4 Å². The Hall–Kier alpha value is -2.09. The van der Waals surface area contributed by atoms with Gasteiger partial charge in [-0.25, -0.2) is 9.63 Å². The second-order valence-electron chi connectivity index (χ2n) is 4.32. The summed E-state index contributed by atoms with van der Waals surface area (Å²) in [4.78, 5) is 12.9. The summed E-state index contributed by atoms with van der Waals surface area (Å²) in [7, 11) is -3.94. The summed E-state index contributed by atoms with van der Waals surface area (Å²) in [6, 6.07) is 9.87. The Morgan fingerprint density at radius 2 is 1.83 bits per heavy atom. The minimum Gasteiger partial charge on any atom is -0.478 e. The molecule has 0 spiro atoms.